The van der Waals surface area contributed by atoms with Crippen LogP contribution in [0.5, 0.6) is 17.2 Å². The number of benzene rings is 3. The zero-order valence-electron chi connectivity index (χ0n) is 17.1. The molecule has 3 rings (SSSR count). The van der Waals surface area contributed by atoms with Gasteiger partial charge in [0.15, 0.2) is 11.5 Å². The number of ether oxygens (including phenoxy) is 3. The lowest BCUT2D eigenvalue weighted by molar-refractivity contribution is 0.284. The Labute approximate surface area is 203 Å². The smallest absolute Gasteiger partial charge is 0.180 e. The summed E-state index contributed by atoms with van der Waals surface area (Å²) >= 11 is 18.6. The predicted octanol–water partition coefficient (Wildman–Crippen LogP) is 6.95. The zero-order valence-corrected chi connectivity index (χ0v) is 20.2. The maximum atomic E-state index is 6.48. The number of nitrogens with one attached hydrogen (secondary N) is 1. The number of methoxy groups -OCH3 is 2. The fourth-order valence-corrected chi connectivity index (χ4v) is 3.75. The van der Waals surface area contributed by atoms with Crippen molar-refractivity contribution in [2.45, 2.75) is 19.7 Å². The van der Waals surface area contributed by atoms with Crippen molar-refractivity contribution in [3.05, 3.63) is 86.4 Å². The quantitative estimate of drug-likeness (QED) is 0.343. The molecule has 0 unspecified atom stereocenters. The van der Waals surface area contributed by atoms with Crippen molar-refractivity contribution in [2.24, 2.45) is 0 Å². The van der Waals surface area contributed by atoms with Gasteiger partial charge in [-0.2, -0.15) is 0 Å². The molecule has 0 aliphatic rings. The van der Waals surface area contributed by atoms with Crippen molar-refractivity contribution in [1.29, 1.82) is 0 Å². The van der Waals surface area contributed by atoms with Crippen LogP contribution in [0.2, 0.25) is 15.1 Å². The van der Waals surface area contributed by atoms with E-state index in [-0.39, 0.29) is 19.0 Å². The fourth-order valence-electron chi connectivity index (χ4n) is 2.99. The number of para-hydroxylation sites is 1. The van der Waals surface area contributed by atoms with Gasteiger partial charge in [-0.3, -0.25) is 0 Å². The Morgan fingerprint density at radius 1 is 0.774 bits per heavy atom. The number of halogens is 4. The first-order valence-corrected chi connectivity index (χ1v) is 10.4. The number of hydrogen-bond donors (Lipinski definition) is 1. The van der Waals surface area contributed by atoms with E-state index >= 15 is 0 Å². The molecule has 0 bridgehead atoms. The Bertz CT molecular complexity index is 1010. The molecule has 166 valence electrons. The lowest BCUT2D eigenvalue weighted by atomic mass is 10.1. The highest BCUT2D eigenvalue weighted by atomic mass is 35.5. The van der Waals surface area contributed by atoms with Gasteiger partial charge in [0, 0.05) is 34.3 Å². The van der Waals surface area contributed by atoms with Gasteiger partial charge in [-0.25, -0.2) is 0 Å². The molecular formula is C23H23Cl4NO3. The first-order valence-electron chi connectivity index (χ1n) is 9.27. The molecule has 4 nitrogen and oxygen atoms in total. The van der Waals surface area contributed by atoms with E-state index in [9.17, 15) is 0 Å². The van der Waals surface area contributed by atoms with E-state index in [1.54, 1.807) is 26.4 Å². The first-order chi connectivity index (χ1) is 14.5. The van der Waals surface area contributed by atoms with Crippen molar-refractivity contribution >= 4 is 47.2 Å². The summed E-state index contributed by atoms with van der Waals surface area (Å²) in [5, 5.41) is 4.97. The standard InChI is InChI=1S/C23H22Cl3NO3.ClH/c1-28-21-6-4-3-5-16(21)13-27-12-15-9-20(26)23(22(10-15)29-2)30-14-17-7-8-18(24)11-19(17)25;/h3-11,27H,12-14H2,1-2H3;1H. The van der Waals surface area contributed by atoms with Crippen molar-refractivity contribution < 1.29 is 14.2 Å². The SMILES string of the molecule is COc1ccccc1CNCc1cc(Cl)c(OCc2ccc(Cl)cc2Cl)c(OC)c1.Cl. The summed E-state index contributed by atoms with van der Waals surface area (Å²) in [5.41, 5.74) is 2.86. The van der Waals surface area contributed by atoms with Crippen LogP contribution < -0.4 is 19.5 Å². The van der Waals surface area contributed by atoms with Gasteiger partial charge in [0.25, 0.3) is 0 Å². The van der Waals surface area contributed by atoms with E-state index in [1.165, 1.54) is 0 Å². The van der Waals surface area contributed by atoms with E-state index < -0.39 is 0 Å². The van der Waals surface area contributed by atoms with Crippen LogP contribution in [-0.4, -0.2) is 14.2 Å². The molecule has 0 spiro atoms. The van der Waals surface area contributed by atoms with Gasteiger partial charge in [-0.15, -0.1) is 12.4 Å². The van der Waals surface area contributed by atoms with Gasteiger partial charge in [-0.1, -0.05) is 59.1 Å². The Morgan fingerprint density at radius 2 is 1.52 bits per heavy atom. The van der Waals surface area contributed by atoms with E-state index in [2.05, 4.69) is 5.32 Å². The third kappa shape index (κ3) is 6.83. The summed E-state index contributed by atoms with van der Waals surface area (Å²) in [4.78, 5) is 0. The summed E-state index contributed by atoms with van der Waals surface area (Å²) in [5.74, 6) is 1.88. The Balaban J connectivity index is 0.00000341. The van der Waals surface area contributed by atoms with Crippen LogP contribution in [-0.2, 0) is 19.7 Å². The Kier molecular flexibility index (Phi) is 10.1. The molecule has 1 N–H and O–H groups in total. The number of hydrogen-bond acceptors (Lipinski definition) is 4. The van der Waals surface area contributed by atoms with Crippen LogP contribution in [0.4, 0.5) is 0 Å². The predicted molar refractivity (Wildman–Crippen MR) is 130 cm³/mol. The second-order valence-corrected chi connectivity index (χ2v) is 7.80. The number of rotatable bonds is 9. The topological polar surface area (TPSA) is 39.7 Å². The van der Waals surface area contributed by atoms with E-state index in [4.69, 9.17) is 49.0 Å². The highest BCUT2D eigenvalue weighted by Gasteiger charge is 2.13. The van der Waals surface area contributed by atoms with Crippen LogP contribution in [0.25, 0.3) is 0 Å². The minimum atomic E-state index is 0. The molecule has 31 heavy (non-hydrogen) atoms. The molecule has 0 fully saturated rings. The largest absolute Gasteiger partial charge is 0.496 e. The van der Waals surface area contributed by atoms with Gasteiger partial charge in [0.1, 0.15) is 12.4 Å². The minimum absolute atomic E-state index is 0. The second-order valence-electron chi connectivity index (χ2n) is 6.55. The summed E-state index contributed by atoms with van der Waals surface area (Å²) in [7, 11) is 3.25. The fraction of sp³-hybridized carbons (Fsp3) is 0.217. The van der Waals surface area contributed by atoms with Gasteiger partial charge in [0.05, 0.1) is 19.2 Å². The van der Waals surface area contributed by atoms with Crippen molar-refractivity contribution in [3.8, 4) is 17.2 Å². The average molecular weight is 503 g/mol. The summed E-state index contributed by atoms with van der Waals surface area (Å²) in [6, 6.07) is 16.9. The van der Waals surface area contributed by atoms with Crippen LogP contribution >= 0.6 is 47.2 Å². The van der Waals surface area contributed by atoms with E-state index in [1.807, 2.05) is 42.5 Å². The molecule has 0 saturated carbocycles. The Morgan fingerprint density at radius 3 is 2.23 bits per heavy atom. The molecule has 8 heteroatoms. The van der Waals surface area contributed by atoms with Gasteiger partial charge in [0.2, 0.25) is 0 Å². The molecule has 0 saturated heterocycles. The molecular weight excluding hydrogens is 480 g/mol. The molecule has 3 aromatic carbocycles. The van der Waals surface area contributed by atoms with Gasteiger partial charge >= 0.3 is 0 Å². The molecule has 0 radical (unpaired) electrons. The highest BCUT2D eigenvalue weighted by Crippen LogP contribution is 2.37. The van der Waals surface area contributed by atoms with Gasteiger partial charge < -0.3 is 19.5 Å². The maximum Gasteiger partial charge on any atom is 0.180 e. The normalized spacial score (nSPS) is 10.4. The molecule has 3 aromatic rings. The van der Waals surface area contributed by atoms with Crippen molar-refractivity contribution in [2.75, 3.05) is 14.2 Å². The molecule has 0 atom stereocenters. The molecule has 0 aromatic heterocycles. The van der Waals surface area contributed by atoms with Gasteiger partial charge in [-0.05, 0) is 35.9 Å². The van der Waals surface area contributed by atoms with E-state index in [0.717, 1.165) is 22.4 Å². The maximum absolute atomic E-state index is 6.48. The third-order valence-corrected chi connectivity index (χ3v) is 5.38. The van der Waals surface area contributed by atoms with Crippen LogP contribution in [0.1, 0.15) is 16.7 Å². The molecule has 0 aliphatic carbocycles. The summed E-state index contributed by atoms with van der Waals surface area (Å²) in [6.45, 7) is 1.52. The average Bonchev–Trinajstić information content (AvgIpc) is 2.74. The lowest BCUT2D eigenvalue weighted by Gasteiger charge is -2.15. The van der Waals surface area contributed by atoms with Crippen molar-refractivity contribution in [1.82, 2.24) is 5.32 Å². The molecule has 0 heterocycles. The molecule has 0 aliphatic heterocycles. The van der Waals surface area contributed by atoms with Crippen LogP contribution in [0.3, 0.4) is 0 Å². The monoisotopic (exact) mass is 501 g/mol. The summed E-state index contributed by atoms with van der Waals surface area (Å²) in [6.07, 6.45) is 0. The van der Waals surface area contributed by atoms with E-state index in [0.29, 0.717) is 39.7 Å². The Hall–Kier alpha value is -1.82. The minimum Gasteiger partial charge on any atom is -0.496 e. The highest BCUT2D eigenvalue weighted by molar-refractivity contribution is 6.35. The lowest BCUT2D eigenvalue weighted by Crippen LogP contribution is -2.13. The first kappa shape index (κ1) is 25.4. The zero-order chi connectivity index (χ0) is 21.5. The molecule has 0 amide bonds. The van der Waals surface area contributed by atoms with Crippen LogP contribution in [0.15, 0.2) is 54.6 Å². The van der Waals surface area contributed by atoms with Crippen molar-refractivity contribution in [3.63, 3.8) is 0 Å². The second kappa shape index (κ2) is 12.3. The van der Waals surface area contributed by atoms with Crippen LogP contribution in [0, 0.1) is 0 Å². The third-order valence-electron chi connectivity index (χ3n) is 4.51. The summed E-state index contributed by atoms with van der Waals surface area (Å²) < 4.78 is 16.8.